The molecule has 4 N–H and O–H groups in total. The van der Waals surface area contributed by atoms with Crippen LogP contribution in [0.25, 0.3) is 0 Å². The highest BCUT2D eigenvalue weighted by Crippen LogP contribution is 2.17. The maximum Gasteiger partial charge on any atom is 0.323 e. The number of anilines is 1. The summed E-state index contributed by atoms with van der Waals surface area (Å²) < 4.78 is 13.2. The molecule has 0 saturated carbocycles. The average molecular weight is 270 g/mol. The van der Waals surface area contributed by atoms with Crippen LogP contribution < -0.4 is 5.73 Å². The zero-order chi connectivity index (χ0) is 14.6. The molecule has 8 heteroatoms. The van der Waals surface area contributed by atoms with E-state index in [1.165, 1.54) is 12.1 Å². The van der Waals surface area contributed by atoms with Crippen LogP contribution in [0.3, 0.4) is 0 Å². The Balaban J connectivity index is 3.07. The van der Waals surface area contributed by atoms with Crippen molar-refractivity contribution in [2.45, 2.75) is 0 Å². The molecule has 102 valence electrons. The smallest absolute Gasteiger partial charge is 0.323 e. The van der Waals surface area contributed by atoms with Crippen molar-refractivity contribution in [1.29, 1.82) is 0 Å². The number of carboxylic acid groups (broad SMARTS) is 2. The Morgan fingerprint density at radius 2 is 1.68 bits per heavy atom. The number of hydrogen-bond donors (Lipinski definition) is 3. The van der Waals surface area contributed by atoms with Crippen LogP contribution in [0.15, 0.2) is 18.2 Å². The van der Waals surface area contributed by atoms with Gasteiger partial charge in [-0.25, -0.2) is 4.39 Å². The molecule has 0 atom stereocenters. The van der Waals surface area contributed by atoms with Crippen molar-refractivity contribution in [3.63, 3.8) is 0 Å². The standard InChI is InChI=1S/C11H11FN2O5/c12-7-3-1-2-6(10(7)13)11(19)14(4-8(15)16)5-9(17)18/h1-3H,4-5,13H2,(H,15,16)(H,17,18). The number of carboxylic acids is 2. The molecule has 0 bridgehead atoms. The summed E-state index contributed by atoms with van der Waals surface area (Å²) >= 11 is 0. The Labute approximate surface area is 107 Å². The minimum atomic E-state index is -1.38. The zero-order valence-electron chi connectivity index (χ0n) is 9.67. The molecule has 0 saturated heterocycles. The largest absolute Gasteiger partial charge is 0.480 e. The lowest BCUT2D eigenvalue weighted by atomic mass is 10.1. The highest BCUT2D eigenvalue weighted by Gasteiger charge is 2.23. The molecule has 0 radical (unpaired) electrons. The molecular formula is C11H11FN2O5. The van der Waals surface area contributed by atoms with E-state index in [-0.39, 0.29) is 5.56 Å². The summed E-state index contributed by atoms with van der Waals surface area (Å²) in [6.07, 6.45) is 0. The second kappa shape index (κ2) is 5.80. The van der Waals surface area contributed by atoms with Gasteiger partial charge < -0.3 is 20.8 Å². The SMILES string of the molecule is Nc1c(F)cccc1C(=O)N(CC(=O)O)CC(=O)O. The van der Waals surface area contributed by atoms with E-state index in [1.807, 2.05) is 0 Å². The molecule has 19 heavy (non-hydrogen) atoms. The van der Waals surface area contributed by atoms with E-state index in [9.17, 15) is 18.8 Å². The fourth-order valence-corrected chi connectivity index (χ4v) is 1.42. The first-order valence-electron chi connectivity index (χ1n) is 5.09. The third-order valence-electron chi connectivity index (χ3n) is 2.22. The number of carbonyl (C=O) groups is 3. The zero-order valence-corrected chi connectivity index (χ0v) is 9.67. The van der Waals surface area contributed by atoms with Gasteiger partial charge in [-0.05, 0) is 12.1 Å². The highest BCUT2D eigenvalue weighted by molar-refractivity contribution is 6.01. The molecule has 1 aromatic carbocycles. The summed E-state index contributed by atoms with van der Waals surface area (Å²) in [7, 11) is 0. The van der Waals surface area contributed by atoms with E-state index in [2.05, 4.69) is 0 Å². The summed E-state index contributed by atoms with van der Waals surface area (Å²) in [5.74, 6) is -4.56. The van der Waals surface area contributed by atoms with Gasteiger partial charge in [-0.15, -0.1) is 0 Å². The second-order valence-corrected chi connectivity index (χ2v) is 3.65. The second-order valence-electron chi connectivity index (χ2n) is 3.65. The number of nitrogens with zero attached hydrogens (tertiary/aromatic N) is 1. The van der Waals surface area contributed by atoms with Gasteiger partial charge in [-0.3, -0.25) is 14.4 Å². The lowest BCUT2D eigenvalue weighted by Crippen LogP contribution is -2.39. The lowest BCUT2D eigenvalue weighted by Gasteiger charge is -2.19. The fourth-order valence-electron chi connectivity index (χ4n) is 1.42. The molecule has 0 aliphatic carbocycles. The Bertz CT molecular complexity index is 516. The number of para-hydroxylation sites is 1. The van der Waals surface area contributed by atoms with Gasteiger partial charge >= 0.3 is 11.9 Å². The molecule has 0 fully saturated rings. The Morgan fingerprint density at radius 1 is 1.16 bits per heavy atom. The van der Waals surface area contributed by atoms with Crippen LogP contribution in [-0.4, -0.2) is 46.0 Å². The predicted molar refractivity (Wildman–Crippen MR) is 62.0 cm³/mol. The molecule has 0 heterocycles. The van der Waals surface area contributed by atoms with Gasteiger partial charge in [-0.2, -0.15) is 0 Å². The topological polar surface area (TPSA) is 121 Å². The minimum absolute atomic E-state index is 0.275. The van der Waals surface area contributed by atoms with Crippen molar-refractivity contribution in [2.75, 3.05) is 18.8 Å². The van der Waals surface area contributed by atoms with Crippen molar-refractivity contribution in [3.8, 4) is 0 Å². The number of benzene rings is 1. The fraction of sp³-hybridized carbons (Fsp3) is 0.182. The summed E-state index contributed by atoms with van der Waals surface area (Å²) in [5, 5.41) is 17.2. The molecule has 0 aliphatic heterocycles. The van der Waals surface area contributed by atoms with Gasteiger partial charge in [0.1, 0.15) is 18.9 Å². The summed E-state index contributed by atoms with van der Waals surface area (Å²) in [6, 6.07) is 3.45. The summed E-state index contributed by atoms with van der Waals surface area (Å²) in [6.45, 7) is -1.64. The quantitative estimate of drug-likeness (QED) is 0.648. The van der Waals surface area contributed by atoms with Gasteiger partial charge in [0.2, 0.25) is 0 Å². The van der Waals surface area contributed by atoms with E-state index >= 15 is 0 Å². The van der Waals surface area contributed by atoms with Gasteiger partial charge in [-0.1, -0.05) is 6.07 Å². The van der Waals surface area contributed by atoms with Gasteiger partial charge in [0.15, 0.2) is 0 Å². The molecule has 0 aliphatic rings. The molecule has 0 spiro atoms. The highest BCUT2D eigenvalue weighted by atomic mass is 19.1. The number of aliphatic carboxylic acids is 2. The van der Waals surface area contributed by atoms with E-state index in [4.69, 9.17) is 15.9 Å². The Morgan fingerprint density at radius 3 is 2.16 bits per heavy atom. The van der Waals surface area contributed by atoms with E-state index < -0.39 is 42.4 Å². The number of rotatable bonds is 5. The number of carbonyl (C=O) groups excluding carboxylic acids is 1. The number of nitrogen functional groups attached to an aromatic ring is 1. The first kappa shape index (κ1) is 14.4. The van der Waals surface area contributed by atoms with Crippen molar-refractivity contribution in [2.24, 2.45) is 0 Å². The van der Waals surface area contributed by atoms with Crippen LogP contribution in [0.2, 0.25) is 0 Å². The molecule has 7 nitrogen and oxygen atoms in total. The van der Waals surface area contributed by atoms with Crippen LogP contribution in [-0.2, 0) is 9.59 Å². The van der Waals surface area contributed by atoms with E-state index in [0.29, 0.717) is 4.90 Å². The number of halogens is 1. The van der Waals surface area contributed by atoms with Gasteiger partial charge in [0, 0.05) is 0 Å². The Kier molecular flexibility index (Phi) is 4.41. The number of amides is 1. The van der Waals surface area contributed by atoms with Crippen LogP contribution in [0, 0.1) is 5.82 Å². The van der Waals surface area contributed by atoms with Crippen molar-refractivity contribution in [3.05, 3.63) is 29.6 Å². The molecule has 0 aromatic heterocycles. The maximum atomic E-state index is 13.2. The summed E-state index contributed by atoms with van der Waals surface area (Å²) in [5.41, 5.74) is 4.64. The van der Waals surface area contributed by atoms with Crippen molar-refractivity contribution >= 4 is 23.5 Å². The Hall–Kier alpha value is -2.64. The molecule has 1 amide bonds. The third kappa shape index (κ3) is 3.66. The van der Waals surface area contributed by atoms with Crippen LogP contribution >= 0.6 is 0 Å². The third-order valence-corrected chi connectivity index (χ3v) is 2.22. The molecule has 0 unspecified atom stereocenters. The first-order chi connectivity index (χ1) is 8.82. The number of hydrogen-bond acceptors (Lipinski definition) is 4. The van der Waals surface area contributed by atoms with Crippen LogP contribution in [0.4, 0.5) is 10.1 Å². The summed E-state index contributed by atoms with van der Waals surface area (Å²) in [4.78, 5) is 33.7. The minimum Gasteiger partial charge on any atom is -0.480 e. The molecule has 1 rings (SSSR count). The number of nitrogens with two attached hydrogens (primary N) is 1. The maximum absolute atomic E-state index is 13.2. The first-order valence-corrected chi connectivity index (χ1v) is 5.09. The van der Waals surface area contributed by atoms with Gasteiger partial charge in [0.25, 0.3) is 5.91 Å². The molecular weight excluding hydrogens is 259 g/mol. The average Bonchev–Trinajstić information content (AvgIpc) is 2.30. The van der Waals surface area contributed by atoms with Crippen molar-refractivity contribution < 1.29 is 29.0 Å². The lowest BCUT2D eigenvalue weighted by molar-refractivity contribution is -0.140. The van der Waals surface area contributed by atoms with E-state index in [1.54, 1.807) is 0 Å². The normalized spacial score (nSPS) is 9.95. The predicted octanol–water partition coefficient (Wildman–Crippen LogP) is 0.0193. The van der Waals surface area contributed by atoms with Crippen LogP contribution in [0.1, 0.15) is 10.4 Å². The van der Waals surface area contributed by atoms with Crippen molar-refractivity contribution in [1.82, 2.24) is 4.90 Å². The molecule has 1 aromatic rings. The van der Waals surface area contributed by atoms with Gasteiger partial charge in [0.05, 0.1) is 11.3 Å². The monoisotopic (exact) mass is 270 g/mol. The van der Waals surface area contributed by atoms with E-state index in [0.717, 1.165) is 6.07 Å². The van der Waals surface area contributed by atoms with Crippen LogP contribution in [0.5, 0.6) is 0 Å².